The average molecular weight is 569 g/mol. The molecule has 6 rings (SSSR count). The molecule has 42 heavy (non-hydrogen) atoms. The molecule has 3 aromatic heterocycles. The predicted octanol–water partition coefficient (Wildman–Crippen LogP) is 7.95. The number of aromatic nitrogens is 4. The number of fused-ring (bicyclic) bond motifs is 1. The Balaban J connectivity index is 1.61. The average Bonchev–Trinajstić information content (AvgIpc) is 3.36. The summed E-state index contributed by atoms with van der Waals surface area (Å²) in [4.78, 5) is 25.9. The van der Waals surface area contributed by atoms with Crippen molar-refractivity contribution in [2.24, 2.45) is 0 Å². The first-order chi connectivity index (χ1) is 20.0. The van der Waals surface area contributed by atoms with Crippen molar-refractivity contribution in [3.05, 3.63) is 119 Å². The number of hydrogen-bond acceptors (Lipinski definition) is 3. The quantitative estimate of drug-likeness (QED) is 0.215. The highest BCUT2D eigenvalue weighted by Gasteiger charge is 2.22. The molecule has 0 aliphatic carbocycles. The number of rotatable bonds is 5. The van der Waals surface area contributed by atoms with Crippen LogP contribution in [0, 0.1) is 0 Å². The molecule has 1 N–H and O–H groups in total. The Hall–Kier alpha value is -4.55. The highest BCUT2D eigenvalue weighted by atomic mass is 28.3. The molecule has 0 radical (unpaired) electrons. The molecule has 0 saturated carbocycles. The van der Waals surface area contributed by atoms with Crippen molar-refractivity contribution in [2.75, 3.05) is 0 Å². The molecule has 0 unspecified atom stereocenters. The molecule has 0 spiro atoms. The molecular formula is C36H36N4OSi. The van der Waals surface area contributed by atoms with E-state index in [1.54, 1.807) is 6.20 Å². The molecular weight excluding hydrogens is 533 g/mol. The van der Waals surface area contributed by atoms with Gasteiger partial charge >= 0.3 is 0 Å². The Morgan fingerprint density at radius 1 is 0.786 bits per heavy atom. The molecule has 6 heteroatoms. The van der Waals surface area contributed by atoms with Crippen molar-refractivity contribution in [1.29, 1.82) is 0 Å². The van der Waals surface area contributed by atoms with Crippen LogP contribution < -0.4 is 10.7 Å². The maximum absolute atomic E-state index is 13.0. The van der Waals surface area contributed by atoms with Crippen LogP contribution in [-0.4, -0.2) is 27.6 Å². The molecule has 5 nitrogen and oxygen atoms in total. The molecule has 0 bridgehead atoms. The number of aromatic amines is 1. The minimum Gasteiger partial charge on any atom is -0.328 e. The van der Waals surface area contributed by atoms with Crippen molar-refractivity contribution in [2.45, 2.75) is 45.8 Å². The summed E-state index contributed by atoms with van der Waals surface area (Å²) in [6.07, 6.45) is 3.70. The summed E-state index contributed by atoms with van der Waals surface area (Å²) >= 11 is 0. The highest BCUT2D eigenvalue weighted by Crippen LogP contribution is 2.37. The summed E-state index contributed by atoms with van der Waals surface area (Å²) in [5.41, 5.74) is 8.39. The van der Waals surface area contributed by atoms with Gasteiger partial charge in [-0.1, -0.05) is 82.9 Å². The summed E-state index contributed by atoms with van der Waals surface area (Å²) in [7, 11) is -1.45. The van der Waals surface area contributed by atoms with Crippen LogP contribution in [0.4, 0.5) is 0 Å². The van der Waals surface area contributed by atoms with E-state index in [1.807, 2.05) is 42.5 Å². The topological polar surface area (TPSA) is 63.6 Å². The number of nitrogens with zero attached hydrogens (tertiary/aromatic N) is 3. The van der Waals surface area contributed by atoms with Gasteiger partial charge in [0.1, 0.15) is 0 Å². The zero-order chi connectivity index (χ0) is 29.6. The van der Waals surface area contributed by atoms with Gasteiger partial charge in [0.15, 0.2) is 5.82 Å². The zero-order valence-electron chi connectivity index (χ0n) is 25.1. The van der Waals surface area contributed by atoms with Gasteiger partial charge in [0.05, 0.1) is 30.4 Å². The van der Waals surface area contributed by atoms with Gasteiger partial charge in [-0.05, 0) is 70.3 Å². The van der Waals surface area contributed by atoms with Crippen molar-refractivity contribution >= 4 is 24.3 Å². The fourth-order valence-corrected chi connectivity index (χ4v) is 6.36. The van der Waals surface area contributed by atoms with Gasteiger partial charge in [-0.3, -0.25) is 14.3 Å². The highest BCUT2D eigenvalue weighted by molar-refractivity contribution is 6.88. The summed E-state index contributed by atoms with van der Waals surface area (Å²) in [5, 5.41) is 1.35. The van der Waals surface area contributed by atoms with E-state index in [0.717, 1.165) is 39.1 Å². The minimum absolute atomic E-state index is 0.0667. The van der Waals surface area contributed by atoms with Gasteiger partial charge in [-0.2, -0.15) is 0 Å². The first-order valence-electron chi connectivity index (χ1n) is 14.4. The lowest BCUT2D eigenvalue weighted by molar-refractivity contribution is 0.590. The Bertz CT molecular complexity index is 1960. The fourth-order valence-electron chi connectivity index (χ4n) is 5.32. The normalized spacial score (nSPS) is 12.1. The number of para-hydroxylation sites is 2. The van der Waals surface area contributed by atoms with Crippen LogP contribution in [0.25, 0.3) is 50.5 Å². The molecule has 0 amide bonds. The lowest BCUT2D eigenvalue weighted by atomic mass is 9.83. The predicted molar refractivity (Wildman–Crippen MR) is 177 cm³/mol. The third-order valence-corrected chi connectivity index (χ3v) is 9.82. The number of benzene rings is 3. The van der Waals surface area contributed by atoms with Crippen LogP contribution in [0.3, 0.4) is 0 Å². The molecule has 3 heterocycles. The Kier molecular flexibility index (Phi) is 6.82. The second-order valence-electron chi connectivity index (χ2n) is 12.9. The van der Waals surface area contributed by atoms with Crippen molar-refractivity contribution in [3.63, 3.8) is 0 Å². The molecule has 6 aromatic rings. The van der Waals surface area contributed by atoms with Gasteiger partial charge in [-0.15, -0.1) is 0 Å². The minimum atomic E-state index is -1.45. The summed E-state index contributed by atoms with van der Waals surface area (Å²) in [6, 6.07) is 31.2. The Morgan fingerprint density at radius 2 is 1.52 bits per heavy atom. The second-order valence-corrected chi connectivity index (χ2v) is 18.0. The van der Waals surface area contributed by atoms with E-state index in [2.05, 4.69) is 105 Å². The van der Waals surface area contributed by atoms with E-state index in [4.69, 9.17) is 9.97 Å². The molecule has 0 fully saturated rings. The Morgan fingerprint density at radius 3 is 2.19 bits per heavy atom. The maximum Gasteiger partial charge on any atom is 0.258 e. The third kappa shape index (κ3) is 5.14. The number of imidazole rings is 1. The number of nitrogens with one attached hydrogen (secondary N) is 1. The molecule has 210 valence electrons. The van der Waals surface area contributed by atoms with E-state index < -0.39 is 8.07 Å². The SMILES string of the molecule is CC(C)(C)c1cc(-c2ccc([Si](C)(C)C)cn2)cc(-c2cccc3c2nc(-c2ccc[nH]c2=O)n3-c2ccccc2)c1. The van der Waals surface area contributed by atoms with E-state index in [-0.39, 0.29) is 11.0 Å². The lowest BCUT2D eigenvalue weighted by Gasteiger charge is -2.22. The monoisotopic (exact) mass is 568 g/mol. The van der Waals surface area contributed by atoms with Gasteiger partial charge in [0, 0.05) is 29.2 Å². The zero-order valence-corrected chi connectivity index (χ0v) is 26.1. The number of pyridine rings is 2. The van der Waals surface area contributed by atoms with E-state index in [9.17, 15) is 4.79 Å². The summed E-state index contributed by atoms with van der Waals surface area (Å²) < 4.78 is 2.08. The summed E-state index contributed by atoms with van der Waals surface area (Å²) in [5.74, 6) is 0.612. The summed E-state index contributed by atoms with van der Waals surface area (Å²) in [6.45, 7) is 13.7. The van der Waals surface area contributed by atoms with Crippen LogP contribution in [-0.2, 0) is 5.41 Å². The van der Waals surface area contributed by atoms with Gasteiger partial charge in [0.2, 0.25) is 0 Å². The van der Waals surface area contributed by atoms with Crippen LogP contribution in [0.2, 0.25) is 19.6 Å². The molecule has 0 aliphatic rings. The van der Waals surface area contributed by atoms with Crippen LogP contribution >= 0.6 is 0 Å². The van der Waals surface area contributed by atoms with E-state index in [0.29, 0.717) is 11.4 Å². The van der Waals surface area contributed by atoms with Gasteiger partial charge in [0.25, 0.3) is 5.56 Å². The maximum atomic E-state index is 13.0. The van der Waals surface area contributed by atoms with Gasteiger partial charge in [-0.25, -0.2) is 4.98 Å². The fraction of sp³-hybridized carbons (Fsp3) is 0.194. The lowest BCUT2D eigenvalue weighted by Crippen LogP contribution is -2.37. The first kappa shape index (κ1) is 27.6. The number of H-pyrrole nitrogens is 1. The molecule has 0 atom stereocenters. The van der Waals surface area contributed by atoms with Crippen molar-refractivity contribution in [1.82, 2.24) is 19.5 Å². The standard InChI is InChI=1S/C36H36N4OSi/c1-36(2,3)26-21-24(20-25(22-26)31-18-17-28(23-38-31)42(4,5)6)29-14-10-16-32-33(29)39-34(30-15-11-19-37-35(30)41)40(32)27-12-8-7-9-13-27/h7-23H,1-6H3,(H,37,41). The molecule has 3 aromatic carbocycles. The second kappa shape index (κ2) is 10.4. The largest absolute Gasteiger partial charge is 0.328 e. The smallest absolute Gasteiger partial charge is 0.258 e. The van der Waals surface area contributed by atoms with E-state index in [1.165, 1.54) is 10.8 Å². The number of hydrogen-bond donors (Lipinski definition) is 1. The van der Waals surface area contributed by atoms with Crippen LogP contribution in [0.5, 0.6) is 0 Å². The van der Waals surface area contributed by atoms with Crippen molar-refractivity contribution < 1.29 is 0 Å². The molecule has 0 aliphatic heterocycles. The van der Waals surface area contributed by atoms with Crippen LogP contribution in [0.1, 0.15) is 26.3 Å². The van der Waals surface area contributed by atoms with E-state index >= 15 is 0 Å². The van der Waals surface area contributed by atoms with Crippen LogP contribution in [0.15, 0.2) is 108 Å². The Labute approximate surface area is 248 Å². The molecule has 0 saturated heterocycles. The van der Waals surface area contributed by atoms with Crippen molar-refractivity contribution in [3.8, 4) is 39.5 Å². The third-order valence-electron chi connectivity index (χ3n) is 7.79. The first-order valence-corrected chi connectivity index (χ1v) is 17.9. The van der Waals surface area contributed by atoms with Gasteiger partial charge < -0.3 is 4.98 Å².